The second-order valence-corrected chi connectivity index (χ2v) is 7.37. The summed E-state index contributed by atoms with van der Waals surface area (Å²) in [6.07, 6.45) is 4.86. The van der Waals surface area contributed by atoms with Crippen LogP contribution in [0.2, 0.25) is 0 Å². The SMILES string of the molecule is COc1ccc(NC(=O)CCCc2cc(CC3COc4ccccc4O3)c[nH]2)cc1. The summed E-state index contributed by atoms with van der Waals surface area (Å²) in [5, 5.41) is 2.91. The Labute approximate surface area is 176 Å². The molecular formula is C24H26N2O4. The van der Waals surface area contributed by atoms with E-state index in [1.807, 2.05) is 54.7 Å². The van der Waals surface area contributed by atoms with Gasteiger partial charge in [-0.05, 0) is 60.9 Å². The number of methoxy groups -OCH3 is 1. The van der Waals surface area contributed by atoms with Gasteiger partial charge in [-0.25, -0.2) is 0 Å². The molecule has 4 rings (SSSR count). The minimum atomic E-state index is -0.00109. The van der Waals surface area contributed by atoms with Gasteiger partial charge >= 0.3 is 0 Å². The predicted octanol–water partition coefficient (Wildman–Crippen LogP) is 4.37. The van der Waals surface area contributed by atoms with Crippen molar-refractivity contribution in [1.29, 1.82) is 0 Å². The number of fused-ring (bicyclic) bond motifs is 1. The van der Waals surface area contributed by atoms with E-state index >= 15 is 0 Å². The number of hydrogen-bond donors (Lipinski definition) is 2. The van der Waals surface area contributed by atoms with E-state index in [1.165, 1.54) is 5.56 Å². The number of rotatable bonds is 8. The average Bonchev–Trinajstić information content (AvgIpc) is 3.21. The van der Waals surface area contributed by atoms with Gasteiger partial charge in [0.25, 0.3) is 0 Å². The van der Waals surface area contributed by atoms with Crippen molar-refractivity contribution in [2.45, 2.75) is 31.8 Å². The molecule has 2 heterocycles. The van der Waals surface area contributed by atoms with Crippen LogP contribution in [-0.2, 0) is 17.6 Å². The van der Waals surface area contributed by atoms with Crippen LogP contribution in [0.25, 0.3) is 0 Å². The molecule has 0 bridgehead atoms. The van der Waals surface area contributed by atoms with E-state index in [2.05, 4.69) is 16.4 Å². The number of nitrogens with one attached hydrogen (secondary N) is 2. The van der Waals surface area contributed by atoms with E-state index in [0.717, 1.165) is 47.9 Å². The van der Waals surface area contributed by atoms with Crippen molar-refractivity contribution in [2.24, 2.45) is 0 Å². The van der Waals surface area contributed by atoms with E-state index in [-0.39, 0.29) is 12.0 Å². The molecule has 30 heavy (non-hydrogen) atoms. The highest BCUT2D eigenvalue weighted by molar-refractivity contribution is 5.90. The molecule has 0 fully saturated rings. The number of aromatic amines is 1. The van der Waals surface area contributed by atoms with Crippen LogP contribution >= 0.6 is 0 Å². The maximum atomic E-state index is 12.1. The maximum Gasteiger partial charge on any atom is 0.224 e. The normalized spacial score (nSPS) is 14.9. The van der Waals surface area contributed by atoms with Gasteiger partial charge in [-0.3, -0.25) is 4.79 Å². The predicted molar refractivity (Wildman–Crippen MR) is 115 cm³/mol. The average molecular weight is 406 g/mol. The van der Waals surface area contributed by atoms with Crippen molar-refractivity contribution >= 4 is 11.6 Å². The van der Waals surface area contributed by atoms with E-state index in [9.17, 15) is 4.79 Å². The quantitative estimate of drug-likeness (QED) is 0.583. The summed E-state index contributed by atoms with van der Waals surface area (Å²) >= 11 is 0. The van der Waals surface area contributed by atoms with Gasteiger partial charge in [-0.2, -0.15) is 0 Å². The smallest absolute Gasteiger partial charge is 0.224 e. The number of carbonyl (C=O) groups excluding carboxylic acids is 1. The van der Waals surface area contributed by atoms with Crippen molar-refractivity contribution in [2.75, 3.05) is 19.0 Å². The minimum absolute atomic E-state index is 0.00109. The van der Waals surface area contributed by atoms with Crippen molar-refractivity contribution in [1.82, 2.24) is 4.98 Å². The number of ether oxygens (including phenoxy) is 3. The van der Waals surface area contributed by atoms with E-state index < -0.39 is 0 Å². The molecule has 1 aliphatic heterocycles. The summed E-state index contributed by atoms with van der Waals surface area (Å²) in [4.78, 5) is 15.5. The topological polar surface area (TPSA) is 72.6 Å². The molecule has 1 aromatic heterocycles. The summed E-state index contributed by atoms with van der Waals surface area (Å²) in [6.45, 7) is 0.545. The first-order chi connectivity index (χ1) is 14.7. The monoisotopic (exact) mass is 406 g/mol. The molecule has 6 nitrogen and oxygen atoms in total. The van der Waals surface area contributed by atoms with Crippen LogP contribution in [-0.4, -0.2) is 30.7 Å². The van der Waals surface area contributed by atoms with Crippen molar-refractivity contribution < 1.29 is 19.0 Å². The molecule has 6 heteroatoms. The molecular weight excluding hydrogens is 380 g/mol. The van der Waals surface area contributed by atoms with Gasteiger partial charge in [-0.15, -0.1) is 0 Å². The number of H-pyrrole nitrogens is 1. The third kappa shape index (κ3) is 5.14. The zero-order valence-corrected chi connectivity index (χ0v) is 17.0. The molecule has 0 saturated heterocycles. The standard InChI is InChI=1S/C24H26N2O4/c1-28-20-11-9-18(10-12-20)26-24(27)8-4-5-19-13-17(15-25-19)14-21-16-29-22-6-2-3-7-23(22)30-21/h2-3,6-7,9-13,15,21,25H,4-5,8,14,16H2,1H3,(H,26,27). The number of anilines is 1. The van der Waals surface area contributed by atoms with Crippen molar-refractivity contribution in [3.05, 3.63) is 72.1 Å². The Morgan fingerprint density at radius 3 is 2.77 bits per heavy atom. The lowest BCUT2D eigenvalue weighted by Crippen LogP contribution is -2.30. The molecule has 2 aromatic carbocycles. The van der Waals surface area contributed by atoms with Crippen molar-refractivity contribution in [3.63, 3.8) is 0 Å². The Kier molecular flexibility index (Phi) is 6.23. The lowest BCUT2D eigenvalue weighted by Gasteiger charge is -2.26. The first kappa shape index (κ1) is 19.9. The summed E-state index contributed by atoms with van der Waals surface area (Å²) in [7, 11) is 1.62. The number of benzene rings is 2. The molecule has 3 aromatic rings. The van der Waals surface area contributed by atoms with Crippen LogP contribution in [0.15, 0.2) is 60.8 Å². The van der Waals surface area contributed by atoms with Gasteiger partial charge < -0.3 is 24.5 Å². The van der Waals surface area contributed by atoms with Crippen LogP contribution in [0.3, 0.4) is 0 Å². The molecule has 2 N–H and O–H groups in total. The molecule has 0 radical (unpaired) electrons. The summed E-state index contributed by atoms with van der Waals surface area (Å²) in [5.74, 6) is 2.38. The first-order valence-electron chi connectivity index (χ1n) is 10.2. The van der Waals surface area contributed by atoms with Gasteiger partial charge in [0, 0.05) is 30.4 Å². The molecule has 1 atom stereocenters. The zero-order chi connectivity index (χ0) is 20.8. The highest BCUT2D eigenvalue weighted by Gasteiger charge is 2.21. The Morgan fingerprint density at radius 2 is 1.97 bits per heavy atom. The number of amides is 1. The fourth-order valence-electron chi connectivity index (χ4n) is 3.52. The summed E-state index contributed by atoms with van der Waals surface area (Å²) in [5.41, 5.74) is 3.08. The summed E-state index contributed by atoms with van der Waals surface area (Å²) < 4.78 is 16.9. The first-order valence-corrected chi connectivity index (χ1v) is 10.2. The van der Waals surface area contributed by atoms with E-state index in [1.54, 1.807) is 7.11 Å². The largest absolute Gasteiger partial charge is 0.497 e. The fourth-order valence-corrected chi connectivity index (χ4v) is 3.52. The Morgan fingerprint density at radius 1 is 1.17 bits per heavy atom. The van der Waals surface area contributed by atoms with Gasteiger partial charge in [-0.1, -0.05) is 12.1 Å². The van der Waals surface area contributed by atoms with Gasteiger partial charge in [0.15, 0.2) is 11.5 Å². The number of carbonyl (C=O) groups is 1. The fraction of sp³-hybridized carbons (Fsp3) is 0.292. The van der Waals surface area contributed by atoms with Crippen LogP contribution in [0.4, 0.5) is 5.69 Å². The van der Waals surface area contributed by atoms with Gasteiger partial charge in [0.2, 0.25) is 5.91 Å². The number of para-hydroxylation sites is 2. The Hall–Kier alpha value is -3.41. The van der Waals surface area contributed by atoms with Crippen LogP contribution < -0.4 is 19.5 Å². The highest BCUT2D eigenvalue weighted by atomic mass is 16.6. The maximum absolute atomic E-state index is 12.1. The summed E-state index contributed by atoms with van der Waals surface area (Å²) in [6, 6.07) is 17.2. The molecule has 0 spiro atoms. The zero-order valence-electron chi connectivity index (χ0n) is 17.0. The van der Waals surface area contributed by atoms with E-state index in [4.69, 9.17) is 14.2 Å². The number of hydrogen-bond acceptors (Lipinski definition) is 4. The lowest BCUT2D eigenvalue weighted by molar-refractivity contribution is -0.116. The molecule has 1 unspecified atom stereocenters. The van der Waals surface area contributed by atoms with E-state index in [0.29, 0.717) is 13.0 Å². The van der Waals surface area contributed by atoms with Crippen molar-refractivity contribution in [3.8, 4) is 17.2 Å². The third-order valence-corrected chi connectivity index (χ3v) is 5.06. The van der Waals surface area contributed by atoms with Crippen LogP contribution in [0.5, 0.6) is 17.2 Å². The molecule has 1 amide bonds. The van der Waals surface area contributed by atoms with Crippen LogP contribution in [0.1, 0.15) is 24.1 Å². The molecule has 0 aliphatic carbocycles. The molecule has 1 aliphatic rings. The highest BCUT2D eigenvalue weighted by Crippen LogP contribution is 2.31. The van der Waals surface area contributed by atoms with Gasteiger partial charge in [0.05, 0.1) is 7.11 Å². The second-order valence-electron chi connectivity index (χ2n) is 7.37. The van der Waals surface area contributed by atoms with Crippen LogP contribution in [0, 0.1) is 0 Å². The third-order valence-electron chi connectivity index (χ3n) is 5.06. The number of aromatic nitrogens is 1. The number of aryl methyl sites for hydroxylation is 1. The lowest BCUT2D eigenvalue weighted by atomic mass is 10.1. The second kappa shape index (κ2) is 9.39. The molecule has 156 valence electrons. The minimum Gasteiger partial charge on any atom is -0.497 e. The Bertz CT molecular complexity index is 981. The molecule has 0 saturated carbocycles. The van der Waals surface area contributed by atoms with Gasteiger partial charge in [0.1, 0.15) is 18.5 Å². The Balaban J connectivity index is 1.20.